The van der Waals surface area contributed by atoms with E-state index in [-0.39, 0.29) is 5.56 Å². The summed E-state index contributed by atoms with van der Waals surface area (Å²) in [5.74, 6) is -0.247. The van der Waals surface area contributed by atoms with E-state index in [2.05, 4.69) is 36.8 Å². The number of aromatic carboxylic acids is 1. The molecule has 0 aliphatic heterocycles. The number of aryl methyl sites for hydroxylation is 1. The molecule has 21 heavy (non-hydrogen) atoms. The highest BCUT2D eigenvalue weighted by Gasteiger charge is 2.18. The van der Waals surface area contributed by atoms with Crippen molar-refractivity contribution in [3.05, 3.63) is 56.7 Å². The lowest BCUT2D eigenvalue weighted by atomic mass is 10.2. The first-order valence-electron chi connectivity index (χ1n) is 6.16. The maximum atomic E-state index is 11.3. The molecule has 106 valence electrons. The van der Waals surface area contributed by atoms with Crippen molar-refractivity contribution in [2.45, 2.75) is 6.92 Å². The summed E-state index contributed by atoms with van der Waals surface area (Å²) >= 11 is 7.08. The minimum absolute atomic E-state index is 0.206. The molecule has 3 rings (SSSR count). The van der Waals surface area contributed by atoms with Crippen molar-refractivity contribution in [2.75, 3.05) is 0 Å². The van der Waals surface area contributed by atoms with Crippen LogP contribution in [0.5, 0.6) is 0 Å². The second kappa shape index (κ2) is 5.27. The van der Waals surface area contributed by atoms with Crippen molar-refractivity contribution in [1.29, 1.82) is 0 Å². The van der Waals surface area contributed by atoms with Crippen LogP contribution in [0.2, 0.25) is 0 Å². The van der Waals surface area contributed by atoms with Crippen LogP contribution < -0.4 is 0 Å². The maximum absolute atomic E-state index is 11.3. The number of benzene rings is 2. The molecule has 0 aliphatic rings. The Bertz CT molecular complexity index is 851. The number of aromatic nitrogens is 2. The number of carbonyl (C=O) groups is 1. The van der Waals surface area contributed by atoms with Crippen LogP contribution in [-0.4, -0.2) is 20.6 Å². The highest BCUT2D eigenvalue weighted by molar-refractivity contribution is 9.11. The molecule has 0 saturated carbocycles. The van der Waals surface area contributed by atoms with Gasteiger partial charge >= 0.3 is 5.97 Å². The summed E-state index contributed by atoms with van der Waals surface area (Å²) in [5.41, 5.74) is 2.36. The first kappa shape index (κ1) is 14.3. The summed E-state index contributed by atoms with van der Waals surface area (Å²) in [7, 11) is 0. The normalized spacial score (nSPS) is 11.0. The van der Waals surface area contributed by atoms with E-state index in [9.17, 15) is 9.90 Å². The molecular formula is C15H10Br2N2O2. The van der Waals surface area contributed by atoms with Gasteiger partial charge in [0.15, 0.2) is 0 Å². The number of imidazole rings is 1. The van der Waals surface area contributed by atoms with Crippen LogP contribution in [-0.2, 0) is 0 Å². The maximum Gasteiger partial charge on any atom is 0.337 e. The largest absolute Gasteiger partial charge is 0.478 e. The summed E-state index contributed by atoms with van der Waals surface area (Å²) in [6.45, 7) is 1.86. The van der Waals surface area contributed by atoms with Crippen molar-refractivity contribution in [1.82, 2.24) is 9.55 Å². The molecule has 4 nitrogen and oxygen atoms in total. The third-order valence-electron chi connectivity index (χ3n) is 3.24. The third kappa shape index (κ3) is 2.28. The Morgan fingerprint density at radius 1 is 1.14 bits per heavy atom. The lowest BCUT2D eigenvalue weighted by Crippen LogP contribution is -2.00. The average molecular weight is 410 g/mol. The lowest BCUT2D eigenvalue weighted by molar-refractivity contribution is 0.0699. The molecule has 0 atom stereocenters. The number of carboxylic acid groups (broad SMARTS) is 1. The predicted octanol–water partition coefficient (Wildman–Crippen LogP) is 4.56. The monoisotopic (exact) mass is 408 g/mol. The van der Waals surface area contributed by atoms with Crippen LogP contribution in [0.25, 0.3) is 16.7 Å². The fraction of sp³-hybridized carbons (Fsp3) is 0.0667. The van der Waals surface area contributed by atoms with Crippen LogP contribution in [0.3, 0.4) is 0 Å². The van der Waals surface area contributed by atoms with Crippen molar-refractivity contribution in [2.24, 2.45) is 0 Å². The summed E-state index contributed by atoms with van der Waals surface area (Å²) in [6.07, 6.45) is 0. The number of hydrogen-bond acceptors (Lipinski definition) is 2. The predicted molar refractivity (Wildman–Crippen MR) is 88.2 cm³/mol. The highest BCUT2D eigenvalue weighted by Crippen LogP contribution is 2.33. The molecule has 0 saturated heterocycles. The zero-order chi connectivity index (χ0) is 15.1. The number of carboxylic acids is 1. The first-order chi connectivity index (χ1) is 10.0. The van der Waals surface area contributed by atoms with Crippen LogP contribution in [0, 0.1) is 6.92 Å². The highest BCUT2D eigenvalue weighted by atomic mass is 79.9. The average Bonchev–Trinajstić information content (AvgIpc) is 2.75. The van der Waals surface area contributed by atoms with Crippen molar-refractivity contribution in [3.8, 4) is 5.69 Å². The van der Waals surface area contributed by atoms with Gasteiger partial charge in [-0.1, -0.05) is 12.1 Å². The summed E-state index contributed by atoms with van der Waals surface area (Å²) in [4.78, 5) is 15.8. The van der Waals surface area contributed by atoms with E-state index in [1.54, 1.807) is 12.1 Å². The van der Waals surface area contributed by atoms with Crippen molar-refractivity contribution in [3.63, 3.8) is 0 Å². The van der Waals surface area contributed by atoms with Crippen LogP contribution in [0.1, 0.15) is 16.2 Å². The fourth-order valence-electron chi connectivity index (χ4n) is 2.37. The van der Waals surface area contributed by atoms with E-state index in [0.29, 0.717) is 5.52 Å². The van der Waals surface area contributed by atoms with Gasteiger partial charge in [-0.15, -0.1) is 0 Å². The third-order valence-corrected chi connectivity index (χ3v) is 4.52. The van der Waals surface area contributed by atoms with Gasteiger partial charge in [-0.05, 0) is 63.0 Å². The van der Waals surface area contributed by atoms with E-state index < -0.39 is 5.97 Å². The Kier molecular flexibility index (Phi) is 3.59. The van der Waals surface area contributed by atoms with E-state index in [4.69, 9.17) is 0 Å². The number of fused-ring (bicyclic) bond motifs is 1. The van der Waals surface area contributed by atoms with Gasteiger partial charge in [-0.25, -0.2) is 9.78 Å². The van der Waals surface area contributed by atoms with Gasteiger partial charge in [0, 0.05) is 8.95 Å². The topological polar surface area (TPSA) is 55.1 Å². The molecule has 1 aromatic heterocycles. The van der Waals surface area contributed by atoms with E-state index in [1.807, 2.05) is 35.8 Å². The fourth-order valence-corrected chi connectivity index (χ4v) is 3.73. The quantitative estimate of drug-likeness (QED) is 0.675. The van der Waals surface area contributed by atoms with Crippen LogP contribution in [0.4, 0.5) is 0 Å². The Morgan fingerprint density at radius 3 is 2.38 bits per heavy atom. The first-order valence-corrected chi connectivity index (χ1v) is 7.75. The van der Waals surface area contributed by atoms with E-state index >= 15 is 0 Å². The van der Waals surface area contributed by atoms with Crippen LogP contribution >= 0.6 is 31.9 Å². The number of halogens is 2. The molecule has 6 heteroatoms. The molecule has 0 spiro atoms. The second-order valence-electron chi connectivity index (χ2n) is 4.54. The Labute approximate surface area is 137 Å². The number of rotatable bonds is 2. The molecule has 0 unspecified atom stereocenters. The van der Waals surface area contributed by atoms with Gasteiger partial charge in [-0.3, -0.25) is 4.57 Å². The van der Waals surface area contributed by atoms with Gasteiger partial charge in [0.25, 0.3) is 0 Å². The van der Waals surface area contributed by atoms with Gasteiger partial charge in [0.2, 0.25) is 0 Å². The second-order valence-corrected chi connectivity index (χ2v) is 6.25. The summed E-state index contributed by atoms with van der Waals surface area (Å²) in [6, 6.07) is 11.0. The number of hydrogen-bond donors (Lipinski definition) is 1. The molecule has 1 heterocycles. The van der Waals surface area contributed by atoms with Crippen LogP contribution in [0.15, 0.2) is 45.3 Å². The Balaban J connectivity index is 2.42. The lowest BCUT2D eigenvalue weighted by Gasteiger charge is -2.11. The van der Waals surface area contributed by atoms with Crippen molar-refractivity contribution >= 4 is 48.9 Å². The Morgan fingerprint density at radius 2 is 1.76 bits per heavy atom. The number of para-hydroxylation sites is 2. The molecule has 0 radical (unpaired) electrons. The zero-order valence-corrected chi connectivity index (χ0v) is 14.1. The molecule has 0 bridgehead atoms. The van der Waals surface area contributed by atoms with Gasteiger partial charge in [0.1, 0.15) is 11.3 Å². The smallest absolute Gasteiger partial charge is 0.337 e. The summed E-state index contributed by atoms with van der Waals surface area (Å²) < 4.78 is 3.75. The standard InChI is InChI=1S/C15H10Br2N2O2/c1-8-18-13-9(15(20)21)4-2-7-12(13)19(8)14-10(16)5-3-6-11(14)17/h2-7H,1H3,(H,20,21). The minimum Gasteiger partial charge on any atom is -0.478 e. The van der Waals surface area contributed by atoms with E-state index in [1.165, 1.54) is 0 Å². The molecule has 0 aliphatic carbocycles. The Hall–Kier alpha value is -1.66. The van der Waals surface area contributed by atoms with Gasteiger partial charge < -0.3 is 5.11 Å². The molecule has 0 amide bonds. The molecule has 0 fully saturated rings. The molecule has 1 N–H and O–H groups in total. The molecular weight excluding hydrogens is 400 g/mol. The van der Waals surface area contributed by atoms with Gasteiger partial charge in [-0.2, -0.15) is 0 Å². The van der Waals surface area contributed by atoms with Crippen molar-refractivity contribution < 1.29 is 9.90 Å². The zero-order valence-electron chi connectivity index (χ0n) is 11.0. The van der Waals surface area contributed by atoms with Gasteiger partial charge in [0.05, 0.1) is 16.8 Å². The van der Waals surface area contributed by atoms with E-state index in [0.717, 1.165) is 26.0 Å². The molecule has 3 aromatic rings. The summed E-state index contributed by atoms with van der Waals surface area (Å²) in [5, 5.41) is 9.29. The molecule has 2 aromatic carbocycles. The number of nitrogens with zero attached hydrogens (tertiary/aromatic N) is 2. The SMILES string of the molecule is Cc1nc2c(C(=O)O)cccc2n1-c1c(Br)cccc1Br. The minimum atomic E-state index is -0.976.